The van der Waals surface area contributed by atoms with E-state index in [1.54, 1.807) is 4.90 Å². The zero-order valence-electron chi connectivity index (χ0n) is 16.1. The summed E-state index contributed by atoms with van der Waals surface area (Å²) in [7, 11) is 0. The Bertz CT molecular complexity index is 1040. The molecule has 1 atom stereocenters. The summed E-state index contributed by atoms with van der Waals surface area (Å²) < 4.78 is 19.6. The van der Waals surface area contributed by atoms with Gasteiger partial charge in [-0.2, -0.15) is 0 Å². The van der Waals surface area contributed by atoms with Crippen molar-refractivity contribution in [1.29, 1.82) is 0 Å². The highest BCUT2D eigenvalue weighted by molar-refractivity contribution is 5.70. The van der Waals surface area contributed by atoms with Gasteiger partial charge in [0, 0.05) is 12.1 Å². The molecule has 1 N–H and O–H groups in total. The molecule has 29 heavy (non-hydrogen) atoms. The third-order valence-electron chi connectivity index (χ3n) is 5.38. The molecule has 0 bridgehead atoms. The third kappa shape index (κ3) is 3.81. The molecular formula is C24H22FNO3. The van der Waals surface area contributed by atoms with Gasteiger partial charge in [-0.25, -0.2) is 9.18 Å². The number of aryl methyl sites for hydroxylation is 1. The first-order valence-electron chi connectivity index (χ1n) is 9.58. The molecule has 5 heteroatoms. The lowest BCUT2D eigenvalue weighted by Crippen LogP contribution is -2.41. The maximum absolute atomic E-state index is 14.0. The highest BCUT2D eigenvalue weighted by atomic mass is 19.1. The number of phenols is 1. The quantitative estimate of drug-likeness (QED) is 0.674. The largest absolute Gasteiger partial charge is 0.508 e. The van der Waals surface area contributed by atoms with E-state index in [4.69, 9.17) is 4.74 Å². The van der Waals surface area contributed by atoms with E-state index in [0.29, 0.717) is 18.5 Å². The standard InChI is InChI=1S/C24H22FNO3/c1-16-6-5-9-20-19(16)12-13-26(23(20)21-14-18(25)10-11-22(21)27)24(28)29-15-17-7-3-2-4-8-17/h2-11,14,23,27H,12-13,15H2,1H3. The SMILES string of the molecule is Cc1cccc2c1CCN(C(=O)OCc1ccccc1)C2c1cc(F)ccc1O. The van der Waals surface area contributed by atoms with Crippen LogP contribution < -0.4 is 0 Å². The van der Waals surface area contributed by atoms with Crippen molar-refractivity contribution in [2.75, 3.05) is 6.54 Å². The lowest BCUT2D eigenvalue weighted by Gasteiger charge is -2.37. The number of carbonyl (C=O) groups excluding carboxylic acids is 1. The molecule has 1 unspecified atom stereocenters. The van der Waals surface area contributed by atoms with Crippen molar-refractivity contribution >= 4 is 6.09 Å². The number of aromatic hydroxyl groups is 1. The molecule has 1 heterocycles. The van der Waals surface area contributed by atoms with Crippen LogP contribution in [0, 0.1) is 12.7 Å². The Morgan fingerprint density at radius 2 is 1.90 bits per heavy atom. The second-order valence-corrected chi connectivity index (χ2v) is 7.23. The number of fused-ring (bicyclic) bond motifs is 1. The summed E-state index contributed by atoms with van der Waals surface area (Å²) in [5.74, 6) is -0.512. The fraction of sp³-hybridized carbons (Fsp3) is 0.208. The maximum Gasteiger partial charge on any atom is 0.410 e. The minimum absolute atomic E-state index is 0.0494. The fourth-order valence-corrected chi connectivity index (χ4v) is 3.93. The second kappa shape index (κ2) is 7.95. The van der Waals surface area contributed by atoms with E-state index < -0.39 is 18.0 Å². The van der Waals surface area contributed by atoms with Gasteiger partial charge >= 0.3 is 6.09 Å². The lowest BCUT2D eigenvalue weighted by atomic mass is 9.86. The van der Waals surface area contributed by atoms with E-state index in [0.717, 1.165) is 22.3 Å². The summed E-state index contributed by atoms with van der Waals surface area (Å²) in [5.41, 5.74) is 4.36. The van der Waals surface area contributed by atoms with Crippen molar-refractivity contribution in [3.05, 3.63) is 100 Å². The molecule has 0 radical (unpaired) electrons. The van der Waals surface area contributed by atoms with Gasteiger partial charge in [0.15, 0.2) is 0 Å². The van der Waals surface area contributed by atoms with Gasteiger partial charge in [0.05, 0.1) is 6.04 Å². The number of amides is 1. The Kier molecular flexibility index (Phi) is 5.21. The van der Waals surface area contributed by atoms with Crippen LogP contribution in [0.15, 0.2) is 66.7 Å². The first-order valence-corrected chi connectivity index (χ1v) is 9.58. The molecule has 1 aliphatic rings. The van der Waals surface area contributed by atoms with E-state index in [1.165, 1.54) is 18.2 Å². The van der Waals surface area contributed by atoms with Crippen molar-refractivity contribution in [3.63, 3.8) is 0 Å². The van der Waals surface area contributed by atoms with Crippen molar-refractivity contribution in [3.8, 4) is 5.75 Å². The molecule has 0 fully saturated rings. The van der Waals surface area contributed by atoms with Crippen LogP contribution >= 0.6 is 0 Å². The smallest absolute Gasteiger partial charge is 0.410 e. The van der Waals surface area contributed by atoms with Gasteiger partial charge in [0.2, 0.25) is 0 Å². The molecule has 0 saturated carbocycles. The Labute approximate surface area is 169 Å². The number of nitrogens with zero attached hydrogens (tertiary/aromatic N) is 1. The van der Waals surface area contributed by atoms with Crippen LogP contribution in [0.4, 0.5) is 9.18 Å². The van der Waals surface area contributed by atoms with Crippen LogP contribution in [0.1, 0.15) is 33.9 Å². The highest BCUT2D eigenvalue weighted by Crippen LogP contribution is 2.40. The number of phenolic OH excluding ortho intramolecular Hbond substituents is 1. The van der Waals surface area contributed by atoms with Crippen LogP contribution in [0.5, 0.6) is 5.75 Å². The van der Waals surface area contributed by atoms with E-state index in [2.05, 4.69) is 0 Å². The first-order chi connectivity index (χ1) is 14.0. The number of hydrogen-bond acceptors (Lipinski definition) is 3. The Morgan fingerprint density at radius 3 is 2.69 bits per heavy atom. The number of benzene rings is 3. The fourth-order valence-electron chi connectivity index (χ4n) is 3.93. The van der Waals surface area contributed by atoms with Gasteiger partial charge in [0.1, 0.15) is 18.2 Å². The van der Waals surface area contributed by atoms with Crippen molar-refractivity contribution in [2.45, 2.75) is 26.0 Å². The monoisotopic (exact) mass is 391 g/mol. The van der Waals surface area contributed by atoms with Gasteiger partial charge < -0.3 is 9.84 Å². The Balaban J connectivity index is 1.70. The molecule has 1 amide bonds. The lowest BCUT2D eigenvalue weighted by molar-refractivity contribution is 0.0832. The van der Waals surface area contributed by atoms with Crippen LogP contribution in [0.2, 0.25) is 0 Å². The highest BCUT2D eigenvalue weighted by Gasteiger charge is 2.35. The Hall–Kier alpha value is -3.34. The topological polar surface area (TPSA) is 49.8 Å². The molecule has 148 valence electrons. The molecule has 3 aromatic carbocycles. The average Bonchev–Trinajstić information content (AvgIpc) is 2.74. The molecule has 4 nitrogen and oxygen atoms in total. The molecule has 0 aromatic heterocycles. The molecule has 4 rings (SSSR count). The summed E-state index contributed by atoms with van der Waals surface area (Å²) in [6.07, 6.45) is 0.185. The van der Waals surface area contributed by atoms with E-state index in [9.17, 15) is 14.3 Å². The summed E-state index contributed by atoms with van der Waals surface area (Å²) in [6, 6.07) is 18.5. The number of hydrogen-bond donors (Lipinski definition) is 1. The molecule has 0 spiro atoms. The summed E-state index contributed by atoms with van der Waals surface area (Å²) in [4.78, 5) is 14.5. The number of ether oxygens (including phenoxy) is 1. The van der Waals surface area contributed by atoms with Crippen molar-refractivity contribution in [2.24, 2.45) is 0 Å². The van der Waals surface area contributed by atoms with Gasteiger partial charge in [0.25, 0.3) is 0 Å². The van der Waals surface area contributed by atoms with E-state index in [1.807, 2.05) is 55.5 Å². The molecular weight excluding hydrogens is 369 g/mol. The number of carbonyl (C=O) groups is 1. The predicted octanol–water partition coefficient (Wildman–Crippen LogP) is 5.12. The van der Waals surface area contributed by atoms with Gasteiger partial charge in [-0.3, -0.25) is 4.90 Å². The average molecular weight is 391 g/mol. The van der Waals surface area contributed by atoms with Gasteiger partial charge in [-0.15, -0.1) is 0 Å². The van der Waals surface area contributed by atoms with E-state index >= 15 is 0 Å². The summed E-state index contributed by atoms with van der Waals surface area (Å²) in [5, 5.41) is 10.4. The van der Waals surface area contributed by atoms with Crippen LogP contribution in [0.25, 0.3) is 0 Å². The molecule has 0 aliphatic carbocycles. The minimum Gasteiger partial charge on any atom is -0.508 e. The van der Waals surface area contributed by atoms with Crippen molar-refractivity contribution < 1.29 is 19.0 Å². The van der Waals surface area contributed by atoms with Gasteiger partial charge in [-0.1, -0.05) is 48.5 Å². The minimum atomic E-state index is -0.613. The first kappa shape index (κ1) is 19.0. The number of rotatable bonds is 3. The predicted molar refractivity (Wildman–Crippen MR) is 108 cm³/mol. The van der Waals surface area contributed by atoms with E-state index in [-0.39, 0.29) is 12.4 Å². The summed E-state index contributed by atoms with van der Waals surface area (Å²) >= 11 is 0. The normalized spacial score (nSPS) is 15.7. The second-order valence-electron chi connectivity index (χ2n) is 7.23. The molecule has 0 saturated heterocycles. The van der Waals surface area contributed by atoms with Crippen LogP contribution in [-0.2, 0) is 17.8 Å². The van der Waals surface area contributed by atoms with Crippen LogP contribution in [-0.4, -0.2) is 22.6 Å². The molecule has 1 aliphatic heterocycles. The number of halogens is 1. The zero-order valence-corrected chi connectivity index (χ0v) is 16.1. The van der Waals surface area contributed by atoms with Crippen molar-refractivity contribution in [1.82, 2.24) is 4.90 Å². The van der Waals surface area contributed by atoms with Crippen LogP contribution in [0.3, 0.4) is 0 Å². The zero-order chi connectivity index (χ0) is 20.4. The molecule has 3 aromatic rings. The maximum atomic E-state index is 14.0. The third-order valence-corrected chi connectivity index (χ3v) is 5.38. The van der Waals surface area contributed by atoms with Gasteiger partial charge in [-0.05, 0) is 53.8 Å². The Morgan fingerprint density at radius 1 is 1.10 bits per heavy atom. The summed E-state index contributed by atoms with van der Waals surface area (Å²) in [6.45, 7) is 2.59.